The third kappa shape index (κ3) is 2.23. The first-order valence-corrected chi connectivity index (χ1v) is 7.41. The molecular weight excluding hydrogens is 264 g/mol. The molecule has 0 bridgehead atoms. The number of nitrogens with zero attached hydrogens (tertiary/aromatic N) is 1. The number of benzene rings is 1. The van der Waals surface area contributed by atoms with Crippen LogP contribution in [0.5, 0.6) is 0 Å². The number of carbonyl (C=O) groups is 1. The number of nitrogens with one attached hydrogen (secondary N) is 3. The lowest BCUT2D eigenvalue weighted by Crippen LogP contribution is -2.43. The van der Waals surface area contributed by atoms with Gasteiger partial charge in [-0.2, -0.15) is 5.10 Å². The SMILES string of the molecule is O=C(NC1Cc2ccccc2C1)C1CNCc2cn[nH]c21. The minimum absolute atomic E-state index is 0.0884. The topological polar surface area (TPSA) is 69.8 Å². The molecule has 21 heavy (non-hydrogen) atoms. The van der Waals surface area contributed by atoms with Crippen LogP contribution < -0.4 is 10.6 Å². The minimum atomic E-state index is -0.167. The number of aromatic amines is 1. The summed E-state index contributed by atoms with van der Waals surface area (Å²) in [5.74, 6) is -0.0783. The first-order valence-electron chi connectivity index (χ1n) is 7.41. The van der Waals surface area contributed by atoms with Gasteiger partial charge in [0, 0.05) is 24.7 Å². The van der Waals surface area contributed by atoms with Gasteiger partial charge in [-0.25, -0.2) is 0 Å². The zero-order valence-corrected chi connectivity index (χ0v) is 11.7. The Morgan fingerprint density at radius 3 is 2.71 bits per heavy atom. The minimum Gasteiger partial charge on any atom is -0.352 e. The maximum Gasteiger partial charge on any atom is 0.230 e. The summed E-state index contributed by atoms with van der Waals surface area (Å²) in [7, 11) is 0. The van der Waals surface area contributed by atoms with Crippen molar-refractivity contribution in [3.05, 3.63) is 52.8 Å². The number of H-pyrrole nitrogens is 1. The Labute approximate surface area is 123 Å². The quantitative estimate of drug-likeness (QED) is 0.766. The molecule has 4 rings (SSSR count). The maximum absolute atomic E-state index is 12.6. The molecule has 5 nitrogen and oxygen atoms in total. The van der Waals surface area contributed by atoms with Crippen LogP contribution in [0, 0.1) is 0 Å². The molecule has 0 fully saturated rings. The van der Waals surface area contributed by atoms with E-state index in [4.69, 9.17) is 0 Å². The van der Waals surface area contributed by atoms with Gasteiger partial charge >= 0.3 is 0 Å². The molecule has 0 saturated heterocycles. The smallest absolute Gasteiger partial charge is 0.230 e. The fourth-order valence-electron chi connectivity index (χ4n) is 3.40. The highest BCUT2D eigenvalue weighted by Gasteiger charge is 2.31. The Kier molecular flexibility index (Phi) is 3.00. The Balaban J connectivity index is 1.47. The maximum atomic E-state index is 12.6. The van der Waals surface area contributed by atoms with E-state index in [-0.39, 0.29) is 17.9 Å². The molecular formula is C16H18N4O. The molecule has 108 valence electrons. The summed E-state index contributed by atoms with van der Waals surface area (Å²) in [6.45, 7) is 1.45. The number of hydrogen-bond acceptors (Lipinski definition) is 3. The largest absolute Gasteiger partial charge is 0.352 e. The molecule has 1 aromatic carbocycles. The molecule has 1 atom stereocenters. The normalized spacial score (nSPS) is 20.9. The average Bonchev–Trinajstić information content (AvgIpc) is 3.12. The second kappa shape index (κ2) is 5.00. The van der Waals surface area contributed by atoms with Gasteiger partial charge in [-0.15, -0.1) is 0 Å². The van der Waals surface area contributed by atoms with Crippen molar-refractivity contribution in [2.45, 2.75) is 31.3 Å². The molecule has 5 heteroatoms. The van der Waals surface area contributed by atoms with Crippen LogP contribution >= 0.6 is 0 Å². The molecule has 2 aliphatic rings. The van der Waals surface area contributed by atoms with Crippen molar-refractivity contribution >= 4 is 5.91 Å². The third-order valence-electron chi connectivity index (χ3n) is 4.48. The van der Waals surface area contributed by atoms with Gasteiger partial charge in [-0.1, -0.05) is 24.3 Å². The molecule has 0 spiro atoms. The second-order valence-corrected chi connectivity index (χ2v) is 5.87. The molecule has 3 N–H and O–H groups in total. The Morgan fingerprint density at radius 2 is 1.95 bits per heavy atom. The fourth-order valence-corrected chi connectivity index (χ4v) is 3.40. The lowest BCUT2D eigenvalue weighted by molar-refractivity contribution is -0.123. The summed E-state index contributed by atoms with van der Waals surface area (Å²) in [5, 5.41) is 13.5. The van der Waals surface area contributed by atoms with Crippen molar-refractivity contribution in [1.29, 1.82) is 0 Å². The van der Waals surface area contributed by atoms with E-state index in [1.54, 1.807) is 6.20 Å². The third-order valence-corrected chi connectivity index (χ3v) is 4.48. The number of rotatable bonds is 2. The van der Waals surface area contributed by atoms with Crippen LogP contribution in [0.3, 0.4) is 0 Å². The van der Waals surface area contributed by atoms with Gasteiger partial charge in [0.15, 0.2) is 0 Å². The van der Waals surface area contributed by atoms with Crippen LogP contribution in [0.4, 0.5) is 0 Å². The molecule has 2 aromatic rings. The van der Waals surface area contributed by atoms with Crippen LogP contribution in [-0.4, -0.2) is 28.7 Å². The summed E-state index contributed by atoms with van der Waals surface area (Å²) in [4.78, 5) is 12.6. The summed E-state index contributed by atoms with van der Waals surface area (Å²) >= 11 is 0. The number of amides is 1. The van der Waals surface area contributed by atoms with Gasteiger partial charge in [0.2, 0.25) is 5.91 Å². The Bertz CT molecular complexity index is 653. The Morgan fingerprint density at radius 1 is 1.19 bits per heavy atom. The van der Waals surface area contributed by atoms with E-state index in [2.05, 4.69) is 45.1 Å². The van der Waals surface area contributed by atoms with Gasteiger partial charge in [0.25, 0.3) is 0 Å². The highest BCUT2D eigenvalue weighted by Crippen LogP contribution is 2.24. The van der Waals surface area contributed by atoms with Gasteiger partial charge in [0.1, 0.15) is 0 Å². The first-order chi connectivity index (χ1) is 10.3. The predicted molar refractivity (Wildman–Crippen MR) is 78.8 cm³/mol. The summed E-state index contributed by atoms with van der Waals surface area (Å²) < 4.78 is 0. The zero-order chi connectivity index (χ0) is 14.2. The molecule has 0 saturated carbocycles. The van der Waals surface area contributed by atoms with E-state index >= 15 is 0 Å². The Hall–Kier alpha value is -2.14. The van der Waals surface area contributed by atoms with Gasteiger partial charge in [-0.3, -0.25) is 9.89 Å². The van der Waals surface area contributed by atoms with Crippen LogP contribution in [0.2, 0.25) is 0 Å². The molecule has 1 aliphatic heterocycles. The van der Waals surface area contributed by atoms with Crippen molar-refractivity contribution in [3.8, 4) is 0 Å². The average molecular weight is 282 g/mol. The van der Waals surface area contributed by atoms with Gasteiger partial charge in [-0.05, 0) is 24.0 Å². The summed E-state index contributed by atoms with van der Waals surface area (Å²) in [6.07, 6.45) is 3.66. The van der Waals surface area contributed by atoms with Gasteiger partial charge < -0.3 is 10.6 Å². The van der Waals surface area contributed by atoms with Crippen LogP contribution in [0.15, 0.2) is 30.5 Å². The van der Waals surface area contributed by atoms with E-state index in [0.717, 1.165) is 30.6 Å². The van der Waals surface area contributed by atoms with Crippen LogP contribution in [-0.2, 0) is 24.2 Å². The van der Waals surface area contributed by atoms with E-state index in [1.165, 1.54) is 11.1 Å². The molecule has 1 aliphatic carbocycles. The van der Waals surface area contributed by atoms with E-state index in [0.29, 0.717) is 6.54 Å². The van der Waals surface area contributed by atoms with E-state index in [1.807, 2.05) is 0 Å². The number of aromatic nitrogens is 2. The highest BCUT2D eigenvalue weighted by molar-refractivity contribution is 5.84. The summed E-state index contributed by atoms with van der Waals surface area (Å²) in [5.41, 5.74) is 4.76. The summed E-state index contributed by atoms with van der Waals surface area (Å²) in [6, 6.07) is 8.63. The van der Waals surface area contributed by atoms with Crippen LogP contribution in [0.25, 0.3) is 0 Å². The number of carbonyl (C=O) groups excluding carboxylic acids is 1. The lowest BCUT2D eigenvalue weighted by atomic mass is 9.97. The van der Waals surface area contributed by atoms with Crippen LogP contribution in [0.1, 0.15) is 28.3 Å². The lowest BCUT2D eigenvalue weighted by Gasteiger charge is -2.23. The standard InChI is InChI=1S/C16H18N4O/c21-16(14-9-17-7-12-8-18-20-15(12)14)19-13-5-10-3-1-2-4-11(10)6-13/h1-4,8,13-14,17H,5-7,9H2,(H,18,20)(H,19,21). The van der Waals surface area contributed by atoms with Gasteiger partial charge in [0.05, 0.1) is 17.8 Å². The molecule has 0 radical (unpaired) electrons. The molecule has 1 unspecified atom stereocenters. The van der Waals surface area contributed by atoms with Crippen molar-refractivity contribution < 1.29 is 4.79 Å². The number of fused-ring (bicyclic) bond motifs is 2. The molecule has 2 heterocycles. The fraction of sp³-hybridized carbons (Fsp3) is 0.375. The second-order valence-electron chi connectivity index (χ2n) is 5.87. The highest BCUT2D eigenvalue weighted by atomic mass is 16.2. The van der Waals surface area contributed by atoms with Crippen molar-refractivity contribution in [3.63, 3.8) is 0 Å². The molecule has 1 amide bonds. The first kappa shape index (κ1) is 12.6. The van der Waals surface area contributed by atoms with Crippen molar-refractivity contribution in [2.75, 3.05) is 6.54 Å². The monoisotopic (exact) mass is 282 g/mol. The van der Waals surface area contributed by atoms with Crippen molar-refractivity contribution in [1.82, 2.24) is 20.8 Å². The van der Waals surface area contributed by atoms with Crippen molar-refractivity contribution in [2.24, 2.45) is 0 Å². The predicted octanol–water partition coefficient (Wildman–Crippen LogP) is 0.880. The van der Waals surface area contributed by atoms with E-state index in [9.17, 15) is 4.79 Å². The molecule has 1 aromatic heterocycles. The van der Waals surface area contributed by atoms with E-state index < -0.39 is 0 Å². The zero-order valence-electron chi connectivity index (χ0n) is 11.7. The number of hydrogen-bond donors (Lipinski definition) is 3.